The van der Waals surface area contributed by atoms with Crippen LogP contribution in [0.5, 0.6) is 0 Å². The lowest BCUT2D eigenvalue weighted by Gasteiger charge is -2.24. The van der Waals surface area contributed by atoms with E-state index in [0.717, 1.165) is 0 Å². The van der Waals surface area contributed by atoms with Crippen molar-refractivity contribution in [2.24, 2.45) is 5.73 Å². The topological polar surface area (TPSA) is 30.9 Å². The third-order valence-electron chi connectivity index (χ3n) is 3.17. The first kappa shape index (κ1) is 12.2. The van der Waals surface area contributed by atoms with Gasteiger partial charge in [-0.15, -0.1) is 0 Å². The maximum atomic E-state index is 6.28. The Labute approximate surface area is 103 Å². The van der Waals surface area contributed by atoms with Crippen LogP contribution >= 0.6 is 0 Å². The second-order valence-corrected chi connectivity index (χ2v) is 5.78. The van der Waals surface area contributed by atoms with Crippen molar-refractivity contribution in [1.82, 2.24) is 4.57 Å². The zero-order valence-electron chi connectivity index (χ0n) is 11.4. The fraction of sp³-hybridized carbons (Fsp3) is 0.467. The zero-order valence-corrected chi connectivity index (χ0v) is 11.4. The van der Waals surface area contributed by atoms with E-state index in [2.05, 4.69) is 63.5 Å². The number of nitrogens with zero attached hydrogens (tertiary/aromatic N) is 1. The van der Waals surface area contributed by atoms with Gasteiger partial charge in [0, 0.05) is 22.6 Å². The standard InChI is InChI=1S/C15H22N2/c1-10(2)17-13-7-6-11(3)8-12(13)9-14(17)15(4,5)16/h6-10H,16H2,1-5H3. The molecule has 0 aliphatic rings. The molecule has 1 aromatic heterocycles. The highest BCUT2D eigenvalue weighted by atomic mass is 15.0. The lowest BCUT2D eigenvalue weighted by Crippen LogP contribution is -2.32. The smallest absolute Gasteiger partial charge is 0.0506 e. The Morgan fingerprint density at radius 2 is 1.82 bits per heavy atom. The van der Waals surface area contributed by atoms with Crippen LogP contribution in [0.3, 0.4) is 0 Å². The van der Waals surface area contributed by atoms with Gasteiger partial charge in [0.05, 0.1) is 5.54 Å². The Balaban J connectivity index is 2.80. The molecule has 1 heterocycles. The van der Waals surface area contributed by atoms with Crippen molar-refractivity contribution in [2.45, 2.75) is 46.2 Å². The van der Waals surface area contributed by atoms with Gasteiger partial charge in [-0.3, -0.25) is 0 Å². The summed E-state index contributed by atoms with van der Waals surface area (Å²) in [7, 11) is 0. The Hall–Kier alpha value is -1.28. The average molecular weight is 230 g/mol. The molecule has 0 aliphatic carbocycles. The lowest BCUT2D eigenvalue weighted by atomic mass is 10.0. The molecule has 2 N–H and O–H groups in total. The van der Waals surface area contributed by atoms with Crippen LogP contribution in [0.15, 0.2) is 24.3 Å². The minimum Gasteiger partial charge on any atom is -0.340 e. The van der Waals surface area contributed by atoms with Crippen molar-refractivity contribution >= 4 is 10.9 Å². The van der Waals surface area contributed by atoms with Crippen molar-refractivity contribution in [1.29, 1.82) is 0 Å². The summed E-state index contributed by atoms with van der Waals surface area (Å²) in [6.07, 6.45) is 0. The average Bonchev–Trinajstić information content (AvgIpc) is 2.55. The van der Waals surface area contributed by atoms with Gasteiger partial charge in [0.15, 0.2) is 0 Å². The first-order valence-electron chi connectivity index (χ1n) is 6.21. The predicted octanol–water partition coefficient (Wildman–Crippen LogP) is 3.72. The van der Waals surface area contributed by atoms with Crippen LogP contribution in [0.1, 0.15) is 45.0 Å². The van der Waals surface area contributed by atoms with Crippen LogP contribution in [0, 0.1) is 6.92 Å². The molecule has 2 heteroatoms. The number of nitrogens with two attached hydrogens (primary N) is 1. The SMILES string of the molecule is Cc1ccc2c(c1)cc(C(C)(C)N)n2C(C)C. The third-order valence-corrected chi connectivity index (χ3v) is 3.17. The van der Waals surface area contributed by atoms with Gasteiger partial charge < -0.3 is 10.3 Å². The van der Waals surface area contributed by atoms with E-state index < -0.39 is 0 Å². The molecule has 0 atom stereocenters. The first-order chi connectivity index (χ1) is 7.80. The molecule has 2 aromatic rings. The van der Waals surface area contributed by atoms with E-state index in [4.69, 9.17) is 5.73 Å². The van der Waals surface area contributed by atoms with E-state index in [-0.39, 0.29) is 5.54 Å². The van der Waals surface area contributed by atoms with Crippen LogP contribution in [-0.4, -0.2) is 4.57 Å². The number of fused-ring (bicyclic) bond motifs is 1. The molecule has 0 saturated carbocycles. The van der Waals surface area contributed by atoms with Gasteiger partial charge in [-0.1, -0.05) is 11.6 Å². The lowest BCUT2D eigenvalue weighted by molar-refractivity contribution is 0.474. The van der Waals surface area contributed by atoms with Gasteiger partial charge in [-0.05, 0) is 52.8 Å². The Morgan fingerprint density at radius 3 is 2.35 bits per heavy atom. The largest absolute Gasteiger partial charge is 0.340 e. The second kappa shape index (κ2) is 3.88. The van der Waals surface area contributed by atoms with Crippen molar-refractivity contribution in [3.8, 4) is 0 Å². The predicted molar refractivity (Wildman–Crippen MR) is 74.3 cm³/mol. The molecule has 0 radical (unpaired) electrons. The van der Waals surface area contributed by atoms with E-state index in [1.54, 1.807) is 0 Å². The number of hydrogen-bond donors (Lipinski definition) is 1. The molecule has 0 aliphatic heterocycles. The fourth-order valence-electron chi connectivity index (χ4n) is 2.41. The molecule has 17 heavy (non-hydrogen) atoms. The number of rotatable bonds is 2. The second-order valence-electron chi connectivity index (χ2n) is 5.78. The van der Waals surface area contributed by atoms with Crippen LogP contribution in [-0.2, 0) is 5.54 Å². The monoisotopic (exact) mass is 230 g/mol. The summed E-state index contributed by atoms with van der Waals surface area (Å²) in [6, 6.07) is 9.23. The van der Waals surface area contributed by atoms with Gasteiger partial charge in [-0.25, -0.2) is 0 Å². The molecule has 0 amide bonds. The summed E-state index contributed by atoms with van der Waals surface area (Å²) in [5.41, 5.74) is 9.74. The first-order valence-corrected chi connectivity index (χ1v) is 6.21. The molecule has 0 bridgehead atoms. The zero-order chi connectivity index (χ0) is 12.8. The quantitative estimate of drug-likeness (QED) is 0.837. The Kier molecular flexibility index (Phi) is 2.78. The van der Waals surface area contributed by atoms with Crippen LogP contribution in [0.4, 0.5) is 0 Å². The highest BCUT2D eigenvalue weighted by molar-refractivity contribution is 5.82. The third kappa shape index (κ3) is 2.09. The van der Waals surface area contributed by atoms with Crippen molar-refractivity contribution < 1.29 is 0 Å². The van der Waals surface area contributed by atoms with Gasteiger partial charge in [-0.2, -0.15) is 0 Å². The Morgan fingerprint density at radius 1 is 1.18 bits per heavy atom. The maximum Gasteiger partial charge on any atom is 0.0506 e. The molecule has 2 nitrogen and oxygen atoms in total. The van der Waals surface area contributed by atoms with Crippen molar-refractivity contribution in [3.63, 3.8) is 0 Å². The van der Waals surface area contributed by atoms with E-state index >= 15 is 0 Å². The van der Waals surface area contributed by atoms with Gasteiger partial charge in [0.1, 0.15) is 0 Å². The summed E-state index contributed by atoms with van der Waals surface area (Å²) in [5, 5.41) is 1.28. The molecule has 0 spiro atoms. The summed E-state index contributed by atoms with van der Waals surface area (Å²) >= 11 is 0. The molecule has 0 fully saturated rings. The number of hydrogen-bond acceptors (Lipinski definition) is 1. The van der Waals surface area contributed by atoms with Gasteiger partial charge >= 0.3 is 0 Å². The molecule has 0 unspecified atom stereocenters. The van der Waals surface area contributed by atoms with Crippen LogP contribution in [0.2, 0.25) is 0 Å². The molecular formula is C15H22N2. The summed E-state index contributed by atoms with van der Waals surface area (Å²) in [5.74, 6) is 0. The van der Waals surface area contributed by atoms with Gasteiger partial charge in [0.2, 0.25) is 0 Å². The van der Waals surface area contributed by atoms with E-state index in [9.17, 15) is 0 Å². The number of aryl methyl sites for hydroxylation is 1. The molecular weight excluding hydrogens is 208 g/mol. The summed E-state index contributed by atoms with van der Waals surface area (Å²) in [6.45, 7) is 10.7. The highest BCUT2D eigenvalue weighted by Crippen LogP contribution is 2.30. The van der Waals surface area contributed by atoms with Crippen LogP contribution in [0.25, 0.3) is 10.9 Å². The molecule has 0 saturated heterocycles. The minimum absolute atomic E-state index is 0.308. The molecule has 1 aromatic carbocycles. The number of benzene rings is 1. The maximum absolute atomic E-state index is 6.28. The minimum atomic E-state index is -0.308. The summed E-state index contributed by atoms with van der Waals surface area (Å²) < 4.78 is 2.34. The normalized spacial score (nSPS) is 12.6. The number of aromatic nitrogens is 1. The van der Waals surface area contributed by atoms with E-state index in [1.807, 2.05) is 0 Å². The highest BCUT2D eigenvalue weighted by Gasteiger charge is 2.22. The van der Waals surface area contributed by atoms with E-state index in [0.29, 0.717) is 6.04 Å². The van der Waals surface area contributed by atoms with Crippen LogP contribution < -0.4 is 5.73 Å². The van der Waals surface area contributed by atoms with Gasteiger partial charge in [0.25, 0.3) is 0 Å². The molecule has 2 rings (SSSR count). The van der Waals surface area contributed by atoms with E-state index in [1.165, 1.54) is 22.2 Å². The Bertz CT molecular complexity index is 542. The molecule has 92 valence electrons. The fourth-order valence-corrected chi connectivity index (χ4v) is 2.41. The van der Waals surface area contributed by atoms with Crippen molar-refractivity contribution in [3.05, 3.63) is 35.5 Å². The summed E-state index contributed by atoms with van der Waals surface area (Å²) in [4.78, 5) is 0. The van der Waals surface area contributed by atoms with Crippen molar-refractivity contribution in [2.75, 3.05) is 0 Å².